The smallest absolute Gasteiger partial charge is 0.356 e. The van der Waals surface area contributed by atoms with E-state index >= 15 is 0 Å². The van der Waals surface area contributed by atoms with Gasteiger partial charge in [0.2, 0.25) is 0 Å². The first kappa shape index (κ1) is 15.4. The minimum absolute atomic E-state index is 0.316. The largest absolute Gasteiger partial charge is 0.488 e. The van der Waals surface area contributed by atoms with Crippen molar-refractivity contribution in [2.75, 3.05) is 6.61 Å². The van der Waals surface area contributed by atoms with Gasteiger partial charge in [-0.15, -0.1) is 0 Å². The fourth-order valence-electron chi connectivity index (χ4n) is 3.07. The standard InChI is InChI=1S/C21H17NO3/c1-2-24-21(23)18-12-16-15-10-6-7-11-19(15)25-13-17(16)20(22-18)14-8-4-3-5-9-14/h3-12H,2,13H2,1H3. The van der Waals surface area contributed by atoms with E-state index in [1.807, 2.05) is 54.6 Å². The summed E-state index contributed by atoms with van der Waals surface area (Å²) in [6.07, 6.45) is 0. The van der Waals surface area contributed by atoms with E-state index in [4.69, 9.17) is 9.47 Å². The summed E-state index contributed by atoms with van der Waals surface area (Å²) in [7, 11) is 0. The summed E-state index contributed by atoms with van der Waals surface area (Å²) < 4.78 is 11.1. The summed E-state index contributed by atoms with van der Waals surface area (Å²) in [5.74, 6) is 0.404. The molecule has 124 valence electrons. The third kappa shape index (κ3) is 2.76. The van der Waals surface area contributed by atoms with E-state index in [0.29, 0.717) is 18.9 Å². The van der Waals surface area contributed by atoms with E-state index in [2.05, 4.69) is 4.98 Å². The van der Waals surface area contributed by atoms with Crippen LogP contribution < -0.4 is 4.74 Å². The van der Waals surface area contributed by atoms with Crippen LogP contribution in [0.3, 0.4) is 0 Å². The molecule has 0 radical (unpaired) electrons. The monoisotopic (exact) mass is 331 g/mol. The highest BCUT2D eigenvalue weighted by atomic mass is 16.5. The maximum atomic E-state index is 12.3. The van der Waals surface area contributed by atoms with Crippen LogP contribution in [-0.2, 0) is 11.3 Å². The molecule has 0 saturated heterocycles. The second-order valence-corrected chi connectivity index (χ2v) is 5.75. The summed E-state index contributed by atoms with van der Waals surface area (Å²) in [6.45, 7) is 2.53. The van der Waals surface area contributed by atoms with Crippen molar-refractivity contribution in [1.29, 1.82) is 0 Å². The van der Waals surface area contributed by atoms with Crippen LogP contribution in [0.15, 0.2) is 60.7 Å². The maximum Gasteiger partial charge on any atom is 0.356 e. The molecule has 0 N–H and O–H groups in total. The summed E-state index contributed by atoms with van der Waals surface area (Å²) in [5, 5.41) is 0. The molecule has 0 aliphatic carbocycles. The molecule has 1 aliphatic rings. The van der Waals surface area contributed by atoms with E-state index in [0.717, 1.165) is 33.7 Å². The molecule has 0 atom stereocenters. The maximum absolute atomic E-state index is 12.3. The molecule has 3 aromatic rings. The van der Waals surface area contributed by atoms with E-state index in [9.17, 15) is 4.79 Å². The lowest BCUT2D eigenvalue weighted by atomic mass is 9.93. The Morgan fingerprint density at radius 3 is 2.64 bits per heavy atom. The summed E-state index contributed by atoms with van der Waals surface area (Å²) >= 11 is 0. The average Bonchev–Trinajstić information content (AvgIpc) is 2.68. The van der Waals surface area contributed by atoms with Crippen molar-refractivity contribution in [3.8, 4) is 28.1 Å². The molecule has 0 fully saturated rings. The van der Waals surface area contributed by atoms with Gasteiger partial charge in [0.25, 0.3) is 0 Å². The number of benzene rings is 2. The Morgan fingerprint density at radius 2 is 1.84 bits per heavy atom. The predicted octanol–water partition coefficient (Wildman–Crippen LogP) is 4.48. The van der Waals surface area contributed by atoms with Crippen molar-refractivity contribution in [1.82, 2.24) is 4.98 Å². The fourth-order valence-corrected chi connectivity index (χ4v) is 3.07. The zero-order valence-corrected chi connectivity index (χ0v) is 13.9. The summed E-state index contributed by atoms with van der Waals surface area (Å²) in [5.41, 5.74) is 4.95. The normalized spacial score (nSPS) is 11.9. The number of aromatic nitrogens is 1. The number of pyridine rings is 1. The molecule has 4 heteroatoms. The van der Waals surface area contributed by atoms with Gasteiger partial charge < -0.3 is 9.47 Å². The molecule has 25 heavy (non-hydrogen) atoms. The predicted molar refractivity (Wildman–Crippen MR) is 95.4 cm³/mol. The lowest BCUT2D eigenvalue weighted by Crippen LogP contribution is -2.13. The highest BCUT2D eigenvalue weighted by molar-refractivity contribution is 5.92. The number of esters is 1. The molecule has 0 bridgehead atoms. The number of para-hydroxylation sites is 1. The summed E-state index contributed by atoms with van der Waals surface area (Å²) in [4.78, 5) is 16.9. The van der Waals surface area contributed by atoms with Gasteiger partial charge in [-0.25, -0.2) is 9.78 Å². The highest BCUT2D eigenvalue weighted by Crippen LogP contribution is 2.41. The van der Waals surface area contributed by atoms with Crippen LogP contribution in [0.2, 0.25) is 0 Å². The molecule has 4 rings (SSSR count). The van der Waals surface area contributed by atoms with E-state index in [-0.39, 0.29) is 0 Å². The van der Waals surface area contributed by atoms with Crippen LogP contribution in [0.25, 0.3) is 22.4 Å². The van der Waals surface area contributed by atoms with E-state index in [1.165, 1.54) is 0 Å². The van der Waals surface area contributed by atoms with Crippen molar-refractivity contribution in [2.45, 2.75) is 13.5 Å². The molecule has 0 amide bonds. The van der Waals surface area contributed by atoms with Crippen molar-refractivity contribution in [3.05, 3.63) is 71.9 Å². The van der Waals surface area contributed by atoms with Crippen molar-refractivity contribution in [2.24, 2.45) is 0 Å². The van der Waals surface area contributed by atoms with Crippen LogP contribution in [0.1, 0.15) is 23.0 Å². The summed E-state index contributed by atoms with van der Waals surface area (Å²) in [6, 6.07) is 19.5. The van der Waals surface area contributed by atoms with Gasteiger partial charge in [0.1, 0.15) is 18.1 Å². The molecule has 0 unspecified atom stereocenters. The average molecular weight is 331 g/mol. The minimum atomic E-state index is -0.411. The van der Waals surface area contributed by atoms with Gasteiger partial charge in [0, 0.05) is 16.7 Å². The number of carbonyl (C=O) groups excluding carboxylic acids is 1. The quantitative estimate of drug-likeness (QED) is 0.664. The van der Waals surface area contributed by atoms with Gasteiger partial charge in [-0.1, -0.05) is 48.5 Å². The van der Waals surface area contributed by atoms with Gasteiger partial charge in [-0.05, 0) is 24.6 Å². The Kier molecular flexibility index (Phi) is 3.94. The number of rotatable bonds is 3. The molecule has 1 aliphatic heterocycles. The Hall–Kier alpha value is -3.14. The topological polar surface area (TPSA) is 48.4 Å². The number of hydrogen-bond donors (Lipinski definition) is 0. The zero-order chi connectivity index (χ0) is 17.2. The number of hydrogen-bond acceptors (Lipinski definition) is 4. The van der Waals surface area contributed by atoms with Gasteiger partial charge in [-0.2, -0.15) is 0 Å². The molecule has 4 nitrogen and oxygen atoms in total. The van der Waals surface area contributed by atoms with Gasteiger partial charge in [0.15, 0.2) is 0 Å². The number of fused-ring (bicyclic) bond motifs is 3. The number of ether oxygens (including phenoxy) is 2. The van der Waals surface area contributed by atoms with Crippen molar-refractivity contribution < 1.29 is 14.3 Å². The van der Waals surface area contributed by atoms with Gasteiger partial charge in [0.05, 0.1) is 12.3 Å². The lowest BCUT2D eigenvalue weighted by Gasteiger charge is -2.23. The first-order valence-corrected chi connectivity index (χ1v) is 8.26. The third-order valence-corrected chi connectivity index (χ3v) is 4.21. The molecule has 2 aromatic carbocycles. The first-order valence-electron chi connectivity index (χ1n) is 8.26. The Morgan fingerprint density at radius 1 is 1.08 bits per heavy atom. The lowest BCUT2D eigenvalue weighted by molar-refractivity contribution is 0.0519. The SMILES string of the molecule is CCOC(=O)c1cc2c(c(-c3ccccc3)n1)COc1ccccc1-2. The molecule has 2 heterocycles. The van der Waals surface area contributed by atoms with Crippen LogP contribution in [0, 0.1) is 0 Å². The van der Waals surface area contributed by atoms with Crippen LogP contribution in [0.4, 0.5) is 0 Å². The van der Waals surface area contributed by atoms with E-state index in [1.54, 1.807) is 13.0 Å². The van der Waals surface area contributed by atoms with Crippen LogP contribution in [-0.4, -0.2) is 17.6 Å². The highest BCUT2D eigenvalue weighted by Gasteiger charge is 2.24. The molecule has 1 aromatic heterocycles. The molecular formula is C21H17NO3. The Balaban J connectivity index is 1.96. The second kappa shape index (κ2) is 6.40. The molecule has 0 saturated carbocycles. The number of carbonyl (C=O) groups is 1. The van der Waals surface area contributed by atoms with Gasteiger partial charge >= 0.3 is 5.97 Å². The Labute approximate surface area is 146 Å². The zero-order valence-electron chi connectivity index (χ0n) is 13.9. The van der Waals surface area contributed by atoms with Crippen LogP contribution >= 0.6 is 0 Å². The van der Waals surface area contributed by atoms with Gasteiger partial charge in [-0.3, -0.25) is 0 Å². The molecule has 0 spiro atoms. The first-order chi connectivity index (χ1) is 12.3. The van der Waals surface area contributed by atoms with E-state index < -0.39 is 5.97 Å². The van der Waals surface area contributed by atoms with Crippen molar-refractivity contribution >= 4 is 5.97 Å². The fraction of sp³-hybridized carbons (Fsp3) is 0.143. The number of nitrogens with zero attached hydrogens (tertiary/aromatic N) is 1. The van der Waals surface area contributed by atoms with Crippen molar-refractivity contribution in [3.63, 3.8) is 0 Å². The minimum Gasteiger partial charge on any atom is -0.488 e. The second-order valence-electron chi connectivity index (χ2n) is 5.75. The third-order valence-electron chi connectivity index (χ3n) is 4.21. The van der Waals surface area contributed by atoms with Crippen LogP contribution in [0.5, 0.6) is 5.75 Å². The molecular weight excluding hydrogens is 314 g/mol. The Bertz CT molecular complexity index is 918.